The zero-order chi connectivity index (χ0) is 9.14. The van der Waals surface area contributed by atoms with Crippen molar-refractivity contribution in [1.29, 1.82) is 0 Å². The molecule has 0 bridgehead atoms. The average molecular weight is 165 g/mol. The lowest BCUT2D eigenvalue weighted by molar-refractivity contribution is 0.112. The van der Waals surface area contributed by atoms with Gasteiger partial charge in [-0.3, -0.25) is 4.79 Å². The lowest BCUT2D eigenvalue weighted by Gasteiger charge is -2.00. The van der Waals surface area contributed by atoms with Crippen LogP contribution in [0.1, 0.15) is 15.9 Å². The molecule has 12 heavy (non-hydrogen) atoms. The first-order chi connectivity index (χ1) is 5.69. The topological polar surface area (TPSA) is 66.7 Å². The molecule has 1 rings (SSSR count). The fourth-order valence-corrected chi connectivity index (χ4v) is 0.890. The molecule has 0 radical (unpaired) electrons. The summed E-state index contributed by atoms with van der Waals surface area (Å²) >= 11 is 0. The van der Waals surface area contributed by atoms with Crippen molar-refractivity contribution in [3.05, 3.63) is 28.2 Å². The summed E-state index contributed by atoms with van der Waals surface area (Å²) in [7, 11) is 0. The van der Waals surface area contributed by atoms with E-state index in [2.05, 4.69) is 5.18 Å². The molecule has 62 valence electrons. The molecule has 0 amide bonds. The first-order valence-corrected chi connectivity index (χ1v) is 3.31. The number of aldehydes is 1. The molecule has 0 heterocycles. The van der Waals surface area contributed by atoms with Gasteiger partial charge < -0.3 is 5.11 Å². The highest BCUT2D eigenvalue weighted by Crippen LogP contribution is 2.26. The van der Waals surface area contributed by atoms with E-state index in [9.17, 15) is 9.70 Å². The summed E-state index contributed by atoms with van der Waals surface area (Å²) in [5, 5.41) is 11.8. The number of hydrogen-bond donors (Lipinski definition) is 1. The predicted octanol–water partition coefficient (Wildman–Crippen LogP) is 1.91. The lowest BCUT2D eigenvalue weighted by atomic mass is 10.1. The molecule has 0 saturated carbocycles. The normalized spacial score (nSPS) is 9.42. The summed E-state index contributed by atoms with van der Waals surface area (Å²) in [6, 6.07) is 2.59. The zero-order valence-corrected chi connectivity index (χ0v) is 6.44. The van der Waals surface area contributed by atoms with Crippen LogP contribution in [0.2, 0.25) is 0 Å². The second kappa shape index (κ2) is 3.13. The molecule has 0 fully saturated rings. The van der Waals surface area contributed by atoms with E-state index in [1.807, 2.05) is 0 Å². The molecule has 0 saturated heterocycles. The first-order valence-electron chi connectivity index (χ1n) is 3.31. The van der Waals surface area contributed by atoms with E-state index >= 15 is 0 Å². The van der Waals surface area contributed by atoms with Crippen LogP contribution in [0.4, 0.5) is 5.69 Å². The van der Waals surface area contributed by atoms with Crippen molar-refractivity contribution < 1.29 is 9.90 Å². The van der Waals surface area contributed by atoms with Crippen LogP contribution in [0.5, 0.6) is 5.75 Å². The molecule has 0 spiro atoms. The molecule has 4 heteroatoms. The number of aryl methyl sites for hydroxylation is 1. The van der Waals surface area contributed by atoms with Crippen LogP contribution in [0.15, 0.2) is 17.3 Å². The zero-order valence-electron chi connectivity index (χ0n) is 6.44. The number of benzene rings is 1. The molecule has 4 nitrogen and oxygen atoms in total. The van der Waals surface area contributed by atoms with Crippen molar-refractivity contribution >= 4 is 12.0 Å². The number of hydrogen-bond acceptors (Lipinski definition) is 4. The van der Waals surface area contributed by atoms with Gasteiger partial charge in [0.15, 0.2) is 6.29 Å². The Morgan fingerprint density at radius 2 is 2.17 bits per heavy atom. The van der Waals surface area contributed by atoms with E-state index in [1.165, 1.54) is 12.1 Å². The van der Waals surface area contributed by atoms with Crippen LogP contribution >= 0.6 is 0 Å². The average Bonchev–Trinajstić information content (AvgIpc) is 2.05. The Morgan fingerprint density at radius 3 is 2.67 bits per heavy atom. The Kier molecular flexibility index (Phi) is 2.19. The number of aromatic hydroxyl groups is 1. The Balaban J connectivity index is 3.36. The van der Waals surface area contributed by atoms with Gasteiger partial charge in [0.05, 0.1) is 5.56 Å². The lowest BCUT2D eigenvalue weighted by Crippen LogP contribution is -1.83. The van der Waals surface area contributed by atoms with Gasteiger partial charge in [0.2, 0.25) is 0 Å². The van der Waals surface area contributed by atoms with Gasteiger partial charge in [-0.05, 0) is 29.8 Å². The summed E-state index contributed by atoms with van der Waals surface area (Å²) in [4.78, 5) is 20.5. The number of phenolic OH excluding ortho intramolecular Hbond substituents is 1. The highest BCUT2D eigenvalue weighted by atomic mass is 16.3. The maximum absolute atomic E-state index is 10.3. The predicted molar refractivity (Wildman–Crippen MR) is 43.7 cm³/mol. The Labute approximate surface area is 68.8 Å². The van der Waals surface area contributed by atoms with E-state index in [0.717, 1.165) is 0 Å². The Morgan fingerprint density at radius 1 is 1.50 bits per heavy atom. The van der Waals surface area contributed by atoms with Crippen molar-refractivity contribution in [2.45, 2.75) is 6.92 Å². The van der Waals surface area contributed by atoms with Gasteiger partial charge in [-0.15, -0.1) is 4.91 Å². The SMILES string of the molecule is Cc1cc(O)c(C=O)cc1N=O. The van der Waals surface area contributed by atoms with Gasteiger partial charge in [0, 0.05) is 0 Å². The van der Waals surface area contributed by atoms with Crippen molar-refractivity contribution in [2.75, 3.05) is 0 Å². The quantitative estimate of drug-likeness (QED) is 0.537. The largest absolute Gasteiger partial charge is 0.507 e. The first kappa shape index (κ1) is 8.39. The maximum atomic E-state index is 10.3. The number of carbonyl (C=O) groups excluding carboxylic acids is 1. The molecule has 0 unspecified atom stereocenters. The Bertz CT molecular complexity index is 304. The highest BCUT2D eigenvalue weighted by Gasteiger charge is 2.05. The number of phenols is 1. The van der Waals surface area contributed by atoms with Crippen LogP contribution < -0.4 is 0 Å². The van der Waals surface area contributed by atoms with Gasteiger partial charge >= 0.3 is 0 Å². The fourth-order valence-electron chi connectivity index (χ4n) is 0.890. The number of rotatable bonds is 2. The summed E-state index contributed by atoms with van der Waals surface area (Å²) in [5.74, 6) is -0.130. The maximum Gasteiger partial charge on any atom is 0.153 e. The monoisotopic (exact) mass is 165 g/mol. The third kappa shape index (κ3) is 1.32. The van der Waals surface area contributed by atoms with Crippen LogP contribution in [0.25, 0.3) is 0 Å². The third-order valence-corrected chi connectivity index (χ3v) is 1.57. The van der Waals surface area contributed by atoms with Crippen molar-refractivity contribution in [3.8, 4) is 5.75 Å². The van der Waals surface area contributed by atoms with E-state index in [0.29, 0.717) is 11.8 Å². The molecular weight excluding hydrogens is 158 g/mol. The standard InChI is InChI=1S/C8H7NO3/c1-5-2-8(11)6(4-10)3-7(5)9-12/h2-4,11H,1H3. The van der Waals surface area contributed by atoms with Crippen molar-refractivity contribution in [2.24, 2.45) is 5.18 Å². The molecule has 0 atom stereocenters. The second-order valence-corrected chi connectivity index (χ2v) is 2.41. The van der Waals surface area contributed by atoms with Crippen molar-refractivity contribution in [1.82, 2.24) is 0 Å². The molecule has 0 aliphatic rings. The number of nitrogens with zero attached hydrogens (tertiary/aromatic N) is 1. The number of carbonyl (C=O) groups is 1. The van der Waals surface area contributed by atoms with Gasteiger partial charge in [0.25, 0.3) is 0 Å². The molecule has 0 aliphatic carbocycles. The summed E-state index contributed by atoms with van der Waals surface area (Å²) < 4.78 is 0. The minimum atomic E-state index is -0.130. The van der Waals surface area contributed by atoms with E-state index < -0.39 is 0 Å². The van der Waals surface area contributed by atoms with Gasteiger partial charge in [-0.1, -0.05) is 0 Å². The summed E-state index contributed by atoms with van der Waals surface area (Å²) in [5.41, 5.74) is 0.804. The molecule has 0 aromatic heterocycles. The third-order valence-electron chi connectivity index (χ3n) is 1.57. The van der Waals surface area contributed by atoms with E-state index in [1.54, 1.807) is 6.92 Å². The Hall–Kier alpha value is -1.71. The van der Waals surface area contributed by atoms with Crippen LogP contribution in [0.3, 0.4) is 0 Å². The molecule has 0 aliphatic heterocycles. The molecule has 1 aromatic rings. The summed E-state index contributed by atoms with van der Waals surface area (Å²) in [6.45, 7) is 1.63. The molecule has 1 aromatic carbocycles. The van der Waals surface area contributed by atoms with Gasteiger partial charge in [-0.25, -0.2) is 0 Å². The van der Waals surface area contributed by atoms with E-state index in [4.69, 9.17) is 5.11 Å². The second-order valence-electron chi connectivity index (χ2n) is 2.41. The summed E-state index contributed by atoms with van der Waals surface area (Å²) in [6.07, 6.45) is 0.476. The van der Waals surface area contributed by atoms with Gasteiger partial charge in [0.1, 0.15) is 11.4 Å². The van der Waals surface area contributed by atoms with Gasteiger partial charge in [-0.2, -0.15) is 0 Å². The minimum Gasteiger partial charge on any atom is -0.507 e. The smallest absolute Gasteiger partial charge is 0.153 e. The van der Waals surface area contributed by atoms with Crippen molar-refractivity contribution in [3.63, 3.8) is 0 Å². The number of nitroso groups, excluding NO2 is 1. The van der Waals surface area contributed by atoms with E-state index in [-0.39, 0.29) is 17.0 Å². The fraction of sp³-hybridized carbons (Fsp3) is 0.125. The minimum absolute atomic E-state index is 0.0789. The molecule has 1 N–H and O–H groups in total. The van der Waals surface area contributed by atoms with Crippen LogP contribution in [0, 0.1) is 11.8 Å². The molecular formula is C8H7NO3. The van der Waals surface area contributed by atoms with Crippen LogP contribution in [-0.4, -0.2) is 11.4 Å². The van der Waals surface area contributed by atoms with Crippen LogP contribution in [-0.2, 0) is 0 Å². The highest BCUT2D eigenvalue weighted by molar-refractivity contribution is 5.81.